The average Bonchev–Trinajstić information content (AvgIpc) is 2.69. The summed E-state index contributed by atoms with van der Waals surface area (Å²) in [7, 11) is 4.13. The van der Waals surface area contributed by atoms with Crippen LogP contribution in [-0.4, -0.2) is 47.7 Å². The summed E-state index contributed by atoms with van der Waals surface area (Å²) in [4.78, 5) is 21.3. The maximum Gasteiger partial charge on any atom is 0.235 e. The molecule has 0 unspecified atom stereocenters. The smallest absolute Gasteiger partial charge is 0.235 e. The van der Waals surface area contributed by atoms with E-state index in [9.17, 15) is 4.79 Å². The highest BCUT2D eigenvalue weighted by atomic mass is 16.7. The van der Waals surface area contributed by atoms with Crippen LogP contribution in [0.2, 0.25) is 0 Å². The van der Waals surface area contributed by atoms with Crippen molar-refractivity contribution in [2.45, 2.75) is 51.4 Å². The van der Waals surface area contributed by atoms with Crippen molar-refractivity contribution >= 4 is 5.91 Å². The Labute approximate surface area is 133 Å². The van der Waals surface area contributed by atoms with Gasteiger partial charge in [0.1, 0.15) is 18.1 Å². The van der Waals surface area contributed by atoms with Crippen molar-refractivity contribution < 1.29 is 14.3 Å². The maximum atomic E-state index is 13.2. The van der Waals surface area contributed by atoms with Crippen molar-refractivity contribution in [3.8, 4) is 0 Å². The molecule has 1 aromatic carbocycles. The average molecular weight is 303 g/mol. The second kappa shape index (κ2) is 5.36. The number of likely N-dealkylation sites (tertiary alicyclic amines) is 1. The van der Waals surface area contributed by atoms with Crippen LogP contribution in [0.15, 0.2) is 30.3 Å². The fraction of sp³-hybridized carbons (Fsp3) is 0.611. The molecule has 1 aromatic rings. The molecule has 3 rings (SSSR count). The number of fused-ring (bicyclic) bond motifs is 1. The third-order valence-corrected chi connectivity index (χ3v) is 5.45. The van der Waals surface area contributed by atoms with Crippen LogP contribution in [0.25, 0.3) is 0 Å². The predicted molar refractivity (Wildman–Crippen MR) is 85.7 cm³/mol. The van der Waals surface area contributed by atoms with E-state index in [1.54, 1.807) is 0 Å². The lowest BCUT2D eigenvalue weighted by Crippen LogP contribution is -2.58. The molecule has 0 aromatic heterocycles. The van der Waals surface area contributed by atoms with Gasteiger partial charge < -0.3 is 4.90 Å². The Morgan fingerprint density at radius 1 is 1.23 bits per heavy atom. The van der Waals surface area contributed by atoms with E-state index in [4.69, 9.17) is 4.84 Å². The van der Waals surface area contributed by atoms with Gasteiger partial charge in [0.25, 0.3) is 0 Å². The minimum Gasteiger partial charge on any atom is -0.332 e. The Bertz CT molecular complexity index is 557. The largest absolute Gasteiger partial charge is 0.332 e. The van der Waals surface area contributed by atoms with Crippen LogP contribution in [-0.2, 0) is 9.63 Å². The van der Waals surface area contributed by atoms with Gasteiger partial charge in [0.15, 0.2) is 0 Å². The van der Waals surface area contributed by atoms with E-state index in [2.05, 4.69) is 45.0 Å². The third-order valence-electron chi connectivity index (χ3n) is 5.45. The first-order valence-electron chi connectivity index (χ1n) is 8.22. The van der Waals surface area contributed by atoms with Crippen molar-refractivity contribution in [1.82, 2.24) is 4.90 Å². The summed E-state index contributed by atoms with van der Waals surface area (Å²) < 4.78 is 0.496. The van der Waals surface area contributed by atoms with E-state index in [1.807, 2.05) is 25.1 Å². The summed E-state index contributed by atoms with van der Waals surface area (Å²) in [6.45, 7) is 6.32. The van der Waals surface area contributed by atoms with Gasteiger partial charge in [-0.15, -0.1) is 0 Å². The molecule has 4 heteroatoms. The van der Waals surface area contributed by atoms with Gasteiger partial charge >= 0.3 is 0 Å². The Morgan fingerprint density at radius 2 is 1.86 bits per heavy atom. The summed E-state index contributed by atoms with van der Waals surface area (Å²) >= 11 is 0. The highest BCUT2D eigenvalue weighted by Gasteiger charge is 2.58. The molecule has 5 atom stereocenters. The number of quaternary nitrogens is 1. The van der Waals surface area contributed by atoms with E-state index < -0.39 is 0 Å². The number of hydrogen-bond donors (Lipinski definition) is 0. The summed E-state index contributed by atoms with van der Waals surface area (Å²) in [5.41, 5.74) is 1.20. The standard InChI is InChI=1S/C18H27N2O2/c1-12-11-16-17(14(3)22-20(16,4)5)18(21)19(12)13(2)15-9-7-6-8-10-15/h6-10,12-14,16-17H,11H2,1-5H3/q+1/t12-,13+,14-,16-,17-/m1/s1. The van der Waals surface area contributed by atoms with E-state index >= 15 is 0 Å². The zero-order chi connectivity index (χ0) is 16.1. The van der Waals surface area contributed by atoms with Gasteiger partial charge in [0, 0.05) is 12.5 Å². The SMILES string of the molecule is C[C@@H]1C[C@@H]2[C@H](C(=O)N1[C@@H](C)c1ccccc1)[C@@H](C)O[N+]2(C)C. The second-order valence-corrected chi connectivity index (χ2v) is 7.25. The van der Waals surface area contributed by atoms with Gasteiger partial charge in [-0.1, -0.05) is 30.3 Å². The molecule has 2 aliphatic rings. The highest BCUT2D eigenvalue weighted by Crippen LogP contribution is 2.42. The van der Waals surface area contributed by atoms with Gasteiger partial charge in [-0.25, -0.2) is 0 Å². The molecule has 2 aliphatic heterocycles. The van der Waals surface area contributed by atoms with Crippen LogP contribution in [0, 0.1) is 5.92 Å². The molecular formula is C18H27N2O2+. The molecule has 120 valence electrons. The number of carbonyl (C=O) groups excluding carboxylic acids is 1. The minimum atomic E-state index is -0.0302. The van der Waals surface area contributed by atoms with Crippen LogP contribution in [0.4, 0.5) is 0 Å². The third kappa shape index (κ3) is 2.34. The molecule has 0 N–H and O–H groups in total. The molecule has 0 aliphatic carbocycles. The zero-order valence-corrected chi connectivity index (χ0v) is 14.2. The number of hydrogen-bond acceptors (Lipinski definition) is 2. The summed E-state index contributed by atoms with van der Waals surface area (Å²) in [6, 6.07) is 10.9. The Hall–Kier alpha value is -1.39. The first-order chi connectivity index (χ1) is 10.3. The number of piperidine rings is 1. The van der Waals surface area contributed by atoms with Gasteiger partial charge in [0.05, 0.1) is 20.1 Å². The highest BCUT2D eigenvalue weighted by molar-refractivity contribution is 5.82. The summed E-state index contributed by atoms with van der Waals surface area (Å²) in [5.74, 6) is 0.216. The number of carbonyl (C=O) groups is 1. The van der Waals surface area contributed by atoms with E-state index in [0.29, 0.717) is 4.65 Å². The normalized spacial score (nSPS) is 35.3. The Morgan fingerprint density at radius 3 is 2.50 bits per heavy atom. The molecule has 2 heterocycles. The molecule has 22 heavy (non-hydrogen) atoms. The van der Waals surface area contributed by atoms with Gasteiger partial charge in [-0.05, 0) is 26.3 Å². The molecule has 1 amide bonds. The molecular weight excluding hydrogens is 276 g/mol. The van der Waals surface area contributed by atoms with Crippen LogP contribution in [0.3, 0.4) is 0 Å². The number of amides is 1. The van der Waals surface area contributed by atoms with Crippen LogP contribution >= 0.6 is 0 Å². The van der Waals surface area contributed by atoms with Gasteiger partial charge in [-0.2, -0.15) is 9.48 Å². The van der Waals surface area contributed by atoms with E-state index in [-0.39, 0.29) is 36.1 Å². The summed E-state index contributed by atoms with van der Waals surface area (Å²) in [5, 5.41) is 0. The molecule has 2 saturated heterocycles. The van der Waals surface area contributed by atoms with Crippen LogP contribution in [0.5, 0.6) is 0 Å². The first kappa shape index (κ1) is 15.5. The minimum absolute atomic E-state index is 0.0227. The lowest BCUT2D eigenvalue weighted by molar-refractivity contribution is -1.08. The van der Waals surface area contributed by atoms with Gasteiger partial charge in [-0.3, -0.25) is 4.79 Å². The second-order valence-electron chi connectivity index (χ2n) is 7.25. The fourth-order valence-corrected chi connectivity index (χ4v) is 4.35. The first-order valence-corrected chi connectivity index (χ1v) is 8.22. The molecule has 0 spiro atoms. The van der Waals surface area contributed by atoms with Crippen molar-refractivity contribution in [3.05, 3.63) is 35.9 Å². The van der Waals surface area contributed by atoms with Crippen molar-refractivity contribution in [2.24, 2.45) is 5.92 Å². The van der Waals surface area contributed by atoms with Crippen LogP contribution < -0.4 is 0 Å². The Balaban J connectivity index is 1.90. The topological polar surface area (TPSA) is 29.5 Å². The van der Waals surface area contributed by atoms with E-state index in [1.165, 1.54) is 5.56 Å². The molecule has 0 saturated carbocycles. The van der Waals surface area contributed by atoms with Crippen molar-refractivity contribution in [1.29, 1.82) is 0 Å². The van der Waals surface area contributed by atoms with Crippen molar-refractivity contribution in [2.75, 3.05) is 14.1 Å². The molecule has 2 fully saturated rings. The lowest BCUT2D eigenvalue weighted by atomic mass is 9.83. The number of hydroxylamine groups is 3. The number of benzene rings is 1. The predicted octanol–water partition coefficient (Wildman–Crippen LogP) is 2.76. The monoisotopic (exact) mass is 303 g/mol. The van der Waals surface area contributed by atoms with Crippen molar-refractivity contribution in [3.63, 3.8) is 0 Å². The molecule has 4 nitrogen and oxygen atoms in total. The molecule has 0 radical (unpaired) electrons. The molecule has 0 bridgehead atoms. The fourth-order valence-electron chi connectivity index (χ4n) is 4.35. The van der Waals surface area contributed by atoms with Gasteiger partial charge in [0.2, 0.25) is 5.91 Å². The number of rotatable bonds is 2. The quantitative estimate of drug-likeness (QED) is 0.786. The zero-order valence-electron chi connectivity index (χ0n) is 14.2. The maximum absolute atomic E-state index is 13.2. The lowest BCUT2D eigenvalue weighted by Gasteiger charge is -2.44. The van der Waals surface area contributed by atoms with E-state index in [0.717, 1.165) is 6.42 Å². The Kier molecular flexibility index (Phi) is 3.77. The number of nitrogens with zero attached hydrogens (tertiary/aromatic N) is 2. The summed E-state index contributed by atoms with van der Waals surface area (Å²) in [6.07, 6.45) is 0.968. The van der Waals surface area contributed by atoms with Crippen LogP contribution in [0.1, 0.15) is 38.8 Å².